The first-order valence-electron chi connectivity index (χ1n) is 5.65. The van der Waals surface area contributed by atoms with E-state index in [0.29, 0.717) is 4.13 Å². The maximum Gasteiger partial charge on any atom is 1.00 e. The van der Waals surface area contributed by atoms with Gasteiger partial charge in [0.25, 0.3) is 0 Å². The van der Waals surface area contributed by atoms with Crippen molar-refractivity contribution >= 4 is 20.0 Å². The fraction of sp³-hybridized carbons (Fsp3) is 0.714. The third kappa shape index (κ3) is 6.93. The van der Waals surface area contributed by atoms with E-state index in [2.05, 4.69) is 0 Å². The third-order valence-electron chi connectivity index (χ3n) is 2.15. The summed E-state index contributed by atoms with van der Waals surface area (Å²) in [5.41, 5.74) is -14.1. The minimum absolute atomic E-state index is 0. The zero-order valence-corrected chi connectivity index (χ0v) is 17.1. The number of rotatable bonds is 8. The Balaban J connectivity index is 0. The fourth-order valence-corrected chi connectivity index (χ4v) is 2.87. The summed E-state index contributed by atoms with van der Waals surface area (Å²) < 4.78 is 221. The minimum Gasteiger partial charge on any atom is -0.421 e. The molecule has 0 aromatic carbocycles. The summed E-state index contributed by atoms with van der Waals surface area (Å²) in [6.07, 6.45) is -18.9. The fourth-order valence-electron chi connectivity index (χ4n) is 0.930. The van der Waals surface area contributed by atoms with Gasteiger partial charge in [-0.15, -0.1) is 0 Å². The summed E-state index contributed by atoms with van der Waals surface area (Å²) in [4.78, 5) is 0. The topological polar surface area (TPSA) is 101 Å². The Morgan fingerprint density at radius 3 is 1.39 bits per heavy atom. The van der Waals surface area contributed by atoms with Crippen molar-refractivity contribution in [1.82, 2.24) is 0 Å². The van der Waals surface area contributed by atoms with Crippen LogP contribution in [0.25, 0.3) is 4.13 Å². The van der Waals surface area contributed by atoms with Gasteiger partial charge in [0, 0.05) is 0 Å². The van der Waals surface area contributed by atoms with Crippen molar-refractivity contribution in [3.05, 3.63) is 16.2 Å². The Kier molecular flexibility index (Phi) is 9.79. The Bertz CT molecular complexity index is 891. The molecule has 1 unspecified atom stereocenters. The van der Waals surface area contributed by atoms with Gasteiger partial charge in [-0.2, -0.15) is 61.5 Å². The Morgan fingerprint density at radius 1 is 0.710 bits per heavy atom. The first-order chi connectivity index (χ1) is 12.7. The summed E-state index contributed by atoms with van der Waals surface area (Å²) >= 11 is 0. The first kappa shape index (κ1) is 32.6. The first-order valence-corrected chi connectivity index (χ1v) is 8.53. The van der Waals surface area contributed by atoms with Crippen molar-refractivity contribution in [2.75, 3.05) is 0 Å². The molecule has 0 radical (unpaired) electrons. The average molecular weight is 547 g/mol. The van der Waals surface area contributed by atoms with E-state index in [4.69, 9.17) is 0 Å². The van der Waals surface area contributed by atoms with E-state index in [1.807, 2.05) is 4.74 Å². The molecule has 31 heavy (non-hydrogen) atoms. The zero-order valence-electron chi connectivity index (χ0n) is 13.5. The van der Waals surface area contributed by atoms with Gasteiger partial charge in [0.05, 0.1) is 0 Å². The van der Waals surface area contributed by atoms with Crippen LogP contribution in [0, 0.1) is 0 Å². The molecule has 1 atom stereocenters. The molecule has 0 fully saturated rings. The van der Waals surface area contributed by atoms with E-state index in [1.165, 1.54) is 0 Å². The van der Waals surface area contributed by atoms with Gasteiger partial charge in [0.15, 0.2) is 20.0 Å². The Hall–Kier alpha value is -0.620. The van der Waals surface area contributed by atoms with Gasteiger partial charge in [-0.1, -0.05) is 0 Å². The van der Waals surface area contributed by atoms with Crippen LogP contribution in [0.1, 0.15) is 0 Å². The SMILES string of the molecule is O=S(=O)([N-]S(=O)(=O)C(F)(F)OC(F)(C(F)(F)F)C(F)(F)OC(F)=C(F)F)C(F)(F)F.[Na+]. The van der Waals surface area contributed by atoms with Crippen LogP contribution >= 0.6 is 0 Å². The van der Waals surface area contributed by atoms with Gasteiger partial charge in [-0.3, -0.25) is 4.74 Å². The molecule has 0 saturated carbocycles. The van der Waals surface area contributed by atoms with Crippen LogP contribution in [0.3, 0.4) is 0 Å². The smallest absolute Gasteiger partial charge is 0.421 e. The summed E-state index contributed by atoms with van der Waals surface area (Å²) in [5.74, 6) is -7.58. The second-order valence-electron chi connectivity index (χ2n) is 4.28. The van der Waals surface area contributed by atoms with E-state index in [1.54, 1.807) is 4.74 Å². The number of nitrogens with zero attached hydrogens (tertiary/aromatic N) is 1. The van der Waals surface area contributed by atoms with E-state index < -0.39 is 61.2 Å². The van der Waals surface area contributed by atoms with Gasteiger partial charge in [-0.25, -0.2) is 16.8 Å². The molecule has 0 aliphatic rings. The van der Waals surface area contributed by atoms with Crippen LogP contribution < -0.4 is 29.6 Å². The van der Waals surface area contributed by atoms with Crippen LogP contribution in [0.2, 0.25) is 0 Å². The van der Waals surface area contributed by atoms with Gasteiger partial charge in [-0.05, 0) is 0 Å². The number of hydrogen-bond acceptors (Lipinski definition) is 6. The molecule has 0 bridgehead atoms. The zero-order chi connectivity index (χ0) is 24.8. The molecule has 0 aromatic heterocycles. The molecule has 0 heterocycles. The van der Waals surface area contributed by atoms with Crippen molar-refractivity contribution in [2.45, 2.75) is 29.1 Å². The van der Waals surface area contributed by atoms with Crippen LogP contribution in [0.4, 0.5) is 61.5 Å². The van der Waals surface area contributed by atoms with Crippen LogP contribution in [0.5, 0.6) is 0 Å². The monoisotopic (exact) mass is 547 g/mol. The Morgan fingerprint density at radius 2 is 1.10 bits per heavy atom. The number of sulfonamides is 2. The number of alkyl halides is 11. The summed E-state index contributed by atoms with van der Waals surface area (Å²) in [6.45, 7) is 0. The molecular formula is C7F14NNaO6S2. The van der Waals surface area contributed by atoms with Crippen molar-refractivity contribution in [3.63, 3.8) is 0 Å². The third-order valence-corrected chi connectivity index (χ3v) is 4.99. The average Bonchev–Trinajstić information content (AvgIpc) is 2.41. The van der Waals surface area contributed by atoms with Crippen LogP contribution in [-0.4, -0.2) is 45.9 Å². The molecule has 0 saturated heterocycles. The van der Waals surface area contributed by atoms with E-state index in [9.17, 15) is 78.3 Å². The number of ether oxygens (including phenoxy) is 2. The van der Waals surface area contributed by atoms with Crippen molar-refractivity contribution in [3.8, 4) is 0 Å². The summed E-state index contributed by atoms with van der Waals surface area (Å²) in [7, 11) is -15.4. The molecule has 0 aromatic rings. The Labute approximate surface area is 182 Å². The second kappa shape index (κ2) is 9.32. The van der Waals surface area contributed by atoms with E-state index in [0.717, 1.165) is 0 Å². The molecular weight excluding hydrogens is 547 g/mol. The predicted octanol–water partition coefficient (Wildman–Crippen LogP) is 0.983. The van der Waals surface area contributed by atoms with Crippen molar-refractivity contribution in [1.29, 1.82) is 0 Å². The van der Waals surface area contributed by atoms with E-state index >= 15 is 0 Å². The number of hydrogen-bond donors (Lipinski definition) is 0. The van der Waals surface area contributed by atoms with Crippen LogP contribution in [0.15, 0.2) is 12.1 Å². The predicted molar refractivity (Wildman–Crippen MR) is 59.6 cm³/mol. The molecule has 0 N–H and O–H groups in total. The molecule has 0 aliphatic heterocycles. The maximum absolute atomic E-state index is 13.6. The standard InChI is InChI=1S/C7F14NO6S2.Na/c8-1(9)2(10)27-5(15,16)3(11,4(12,13)14)28-7(20,21)30(25,26)22-29(23,24)6(17,18)19;/q-1;+1. The molecule has 0 spiro atoms. The molecule has 7 nitrogen and oxygen atoms in total. The summed E-state index contributed by atoms with van der Waals surface area (Å²) in [6, 6.07) is -4.01. The van der Waals surface area contributed by atoms with E-state index in [-0.39, 0.29) is 29.6 Å². The summed E-state index contributed by atoms with van der Waals surface area (Å²) in [5, 5.41) is 0. The molecule has 180 valence electrons. The van der Waals surface area contributed by atoms with Gasteiger partial charge in [0.2, 0.25) is 0 Å². The van der Waals surface area contributed by atoms with Gasteiger partial charge in [0.1, 0.15) is 0 Å². The molecule has 0 aliphatic carbocycles. The second-order valence-corrected chi connectivity index (χ2v) is 7.72. The molecule has 24 heteroatoms. The molecule has 0 amide bonds. The van der Waals surface area contributed by atoms with Crippen molar-refractivity contribution in [2.24, 2.45) is 0 Å². The number of halogens is 14. The quantitative estimate of drug-likeness (QED) is 0.255. The minimum atomic E-state index is -7.92. The van der Waals surface area contributed by atoms with Crippen LogP contribution in [-0.2, 0) is 29.5 Å². The van der Waals surface area contributed by atoms with Gasteiger partial charge >= 0.3 is 70.7 Å². The normalized spacial score (nSPS) is 16.2. The molecule has 0 rings (SSSR count). The maximum atomic E-state index is 13.6. The largest absolute Gasteiger partial charge is 1.00 e. The van der Waals surface area contributed by atoms with Gasteiger partial charge < -0.3 is 8.86 Å². The van der Waals surface area contributed by atoms with Crippen molar-refractivity contribution < 1.29 is 117 Å².